The van der Waals surface area contributed by atoms with E-state index in [1.54, 1.807) is 12.1 Å². The lowest BCUT2D eigenvalue weighted by Crippen LogP contribution is -1.84. The predicted molar refractivity (Wildman–Crippen MR) is 68.8 cm³/mol. The number of pyridine rings is 1. The van der Waals surface area contributed by atoms with Crippen molar-refractivity contribution in [3.05, 3.63) is 60.7 Å². The van der Waals surface area contributed by atoms with E-state index in [0.717, 1.165) is 22.2 Å². The van der Waals surface area contributed by atoms with Gasteiger partial charge in [0.25, 0.3) is 0 Å². The molecule has 2 nitrogen and oxygen atoms in total. The van der Waals surface area contributed by atoms with Crippen LogP contribution in [-0.2, 0) is 0 Å². The Morgan fingerprint density at radius 3 is 2.41 bits per heavy atom. The van der Waals surface area contributed by atoms with Crippen molar-refractivity contribution in [3.63, 3.8) is 0 Å². The molecule has 0 atom stereocenters. The van der Waals surface area contributed by atoms with Crippen molar-refractivity contribution in [2.24, 2.45) is 0 Å². The van der Waals surface area contributed by atoms with Gasteiger partial charge in [-0.05, 0) is 18.2 Å². The molecule has 0 spiro atoms. The van der Waals surface area contributed by atoms with Crippen molar-refractivity contribution in [2.75, 3.05) is 0 Å². The first-order valence-electron chi connectivity index (χ1n) is 5.48. The van der Waals surface area contributed by atoms with Crippen LogP contribution in [0.4, 0.5) is 0 Å². The van der Waals surface area contributed by atoms with E-state index in [-0.39, 0.29) is 5.75 Å². The van der Waals surface area contributed by atoms with Gasteiger partial charge in [0.2, 0.25) is 0 Å². The summed E-state index contributed by atoms with van der Waals surface area (Å²) in [5.41, 5.74) is 2.81. The van der Waals surface area contributed by atoms with Crippen LogP contribution in [0.5, 0.6) is 5.75 Å². The normalized spacial score (nSPS) is 10.6. The van der Waals surface area contributed by atoms with Gasteiger partial charge in [0.05, 0.1) is 11.2 Å². The number of benzene rings is 2. The Hall–Kier alpha value is -2.35. The zero-order valence-corrected chi connectivity index (χ0v) is 9.17. The average Bonchev–Trinajstić information content (AvgIpc) is 2.39. The maximum Gasteiger partial charge on any atom is 0.117 e. The molecule has 0 amide bonds. The molecule has 2 aromatic carbocycles. The fraction of sp³-hybridized carbons (Fsp3) is 0. The molecule has 1 aromatic heterocycles. The summed E-state index contributed by atoms with van der Waals surface area (Å²) in [7, 11) is 0. The lowest BCUT2D eigenvalue weighted by Gasteiger charge is -2.03. The minimum atomic E-state index is 0.246. The quantitative estimate of drug-likeness (QED) is 0.681. The molecule has 1 N–H and O–H groups in total. The highest BCUT2D eigenvalue weighted by atomic mass is 16.3. The SMILES string of the molecule is Oc1ccc2ccc(-c3ccccc3)nc2c1. The highest BCUT2D eigenvalue weighted by molar-refractivity contribution is 5.82. The lowest BCUT2D eigenvalue weighted by molar-refractivity contribution is 0.476. The maximum atomic E-state index is 9.45. The van der Waals surface area contributed by atoms with Crippen LogP contribution in [0, 0.1) is 0 Å². The molecule has 0 aliphatic rings. The van der Waals surface area contributed by atoms with Gasteiger partial charge in [0.1, 0.15) is 5.75 Å². The molecular formula is C15H11NO. The molecule has 82 valence electrons. The molecule has 3 rings (SSSR count). The summed E-state index contributed by atoms with van der Waals surface area (Å²) >= 11 is 0. The fourth-order valence-corrected chi connectivity index (χ4v) is 1.88. The van der Waals surface area contributed by atoms with E-state index < -0.39 is 0 Å². The second kappa shape index (κ2) is 3.91. The average molecular weight is 221 g/mol. The molecule has 0 saturated carbocycles. The van der Waals surface area contributed by atoms with E-state index in [4.69, 9.17) is 0 Å². The van der Waals surface area contributed by atoms with Crippen LogP contribution < -0.4 is 0 Å². The lowest BCUT2D eigenvalue weighted by atomic mass is 10.1. The van der Waals surface area contributed by atoms with Gasteiger partial charge in [-0.25, -0.2) is 4.98 Å². The second-order valence-corrected chi connectivity index (χ2v) is 3.94. The number of phenolic OH excluding ortho intramolecular Hbond substituents is 1. The third kappa shape index (κ3) is 1.85. The molecule has 0 radical (unpaired) electrons. The van der Waals surface area contributed by atoms with Crippen molar-refractivity contribution in [2.45, 2.75) is 0 Å². The van der Waals surface area contributed by atoms with Crippen LogP contribution in [0.1, 0.15) is 0 Å². The minimum Gasteiger partial charge on any atom is -0.508 e. The second-order valence-electron chi connectivity index (χ2n) is 3.94. The first-order valence-corrected chi connectivity index (χ1v) is 5.48. The van der Waals surface area contributed by atoms with Gasteiger partial charge >= 0.3 is 0 Å². The first kappa shape index (κ1) is 9.85. The van der Waals surface area contributed by atoms with Crippen LogP contribution in [0.25, 0.3) is 22.2 Å². The van der Waals surface area contributed by atoms with Crippen LogP contribution in [0.2, 0.25) is 0 Å². The Labute approximate surface area is 99.2 Å². The number of rotatable bonds is 1. The molecule has 0 bridgehead atoms. The molecular weight excluding hydrogens is 210 g/mol. The highest BCUT2D eigenvalue weighted by Crippen LogP contribution is 2.23. The molecule has 3 aromatic rings. The number of fused-ring (bicyclic) bond motifs is 1. The predicted octanol–water partition coefficient (Wildman–Crippen LogP) is 3.61. The van der Waals surface area contributed by atoms with Crippen molar-refractivity contribution >= 4 is 10.9 Å². The number of aromatic hydroxyl groups is 1. The van der Waals surface area contributed by atoms with E-state index in [9.17, 15) is 5.11 Å². The van der Waals surface area contributed by atoms with Gasteiger partial charge in [-0.15, -0.1) is 0 Å². The van der Waals surface area contributed by atoms with Crippen molar-refractivity contribution < 1.29 is 5.11 Å². The van der Waals surface area contributed by atoms with E-state index in [2.05, 4.69) is 4.98 Å². The number of hydrogen-bond donors (Lipinski definition) is 1. The molecule has 2 heteroatoms. The highest BCUT2D eigenvalue weighted by Gasteiger charge is 2.01. The number of nitrogens with zero attached hydrogens (tertiary/aromatic N) is 1. The number of phenols is 1. The Kier molecular flexibility index (Phi) is 2.26. The standard InChI is InChI=1S/C15H11NO/c17-13-8-6-12-7-9-14(16-15(12)10-13)11-4-2-1-3-5-11/h1-10,17H. The van der Waals surface area contributed by atoms with Crippen LogP contribution in [-0.4, -0.2) is 10.1 Å². The number of hydrogen-bond acceptors (Lipinski definition) is 2. The number of aromatic nitrogens is 1. The Morgan fingerprint density at radius 2 is 1.59 bits per heavy atom. The van der Waals surface area contributed by atoms with Crippen molar-refractivity contribution in [3.8, 4) is 17.0 Å². The van der Waals surface area contributed by atoms with E-state index in [1.807, 2.05) is 48.5 Å². The van der Waals surface area contributed by atoms with E-state index in [0.29, 0.717) is 0 Å². The Morgan fingerprint density at radius 1 is 0.824 bits per heavy atom. The van der Waals surface area contributed by atoms with Gasteiger partial charge in [-0.3, -0.25) is 0 Å². The van der Waals surface area contributed by atoms with Crippen molar-refractivity contribution in [1.82, 2.24) is 4.98 Å². The summed E-state index contributed by atoms with van der Waals surface area (Å²) in [4.78, 5) is 4.55. The maximum absolute atomic E-state index is 9.45. The molecule has 1 heterocycles. The molecule has 0 saturated heterocycles. The zero-order chi connectivity index (χ0) is 11.7. The van der Waals surface area contributed by atoms with E-state index in [1.165, 1.54) is 0 Å². The summed E-state index contributed by atoms with van der Waals surface area (Å²) in [6.07, 6.45) is 0. The molecule has 0 aliphatic heterocycles. The van der Waals surface area contributed by atoms with E-state index >= 15 is 0 Å². The largest absolute Gasteiger partial charge is 0.508 e. The van der Waals surface area contributed by atoms with Crippen LogP contribution in [0.3, 0.4) is 0 Å². The van der Waals surface area contributed by atoms with Gasteiger partial charge in [0, 0.05) is 17.0 Å². The Bertz CT molecular complexity index is 662. The van der Waals surface area contributed by atoms with Crippen molar-refractivity contribution in [1.29, 1.82) is 0 Å². The molecule has 17 heavy (non-hydrogen) atoms. The van der Waals surface area contributed by atoms with Crippen LogP contribution in [0.15, 0.2) is 60.7 Å². The van der Waals surface area contributed by atoms with Crippen LogP contribution >= 0.6 is 0 Å². The molecule has 0 aliphatic carbocycles. The third-order valence-electron chi connectivity index (χ3n) is 2.75. The summed E-state index contributed by atoms with van der Waals surface area (Å²) in [6, 6.07) is 19.2. The van der Waals surface area contributed by atoms with Gasteiger partial charge in [-0.1, -0.05) is 36.4 Å². The zero-order valence-electron chi connectivity index (χ0n) is 9.17. The van der Waals surface area contributed by atoms with Gasteiger partial charge in [-0.2, -0.15) is 0 Å². The van der Waals surface area contributed by atoms with Gasteiger partial charge in [0.15, 0.2) is 0 Å². The fourth-order valence-electron chi connectivity index (χ4n) is 1.88. The summed E-state index contributed by atoms with van der Waals surface area (Å²) in [5, 5.41) is 10.5. The first-order chi connectivity index (χ1) is 8.33. The monoisotopic (exact) mass is 221 g/mol. The summed E-state index contributed by atoms with van der Waals surface area (Å²) < 4.78 is 0. The molecule has 0 unspecified atom stereocenters. The smallest absolute Gasteiger partial charge is 0.117 e. The molecule has 0 fully saturated rings. The third-order valence-corrected chi connectivity index (χ3v) is 2.75. The Balaban J connectivity index is 2.19. The summed E-state index contributed by atoms with van der Waals surface area (Å²) in [5.74, 6) is 0.246. The summed E-state index contributed by atoms with van der Waals surface area (Å²) in [6.45, 7) is 0. The van der Waals surface area contributed by atoms with Gasteiger partial charge < -0.3 is 5.11 Å². The topological polar surface area (TPSA) is 33.1 Å². The minimum absolute atomic E-state index is 0.246.